The van der Waals surface area contributed by atoms with Crippen molar-refractivity contribution in [3.05, 3.63) is 0 Å². The van der Waals surface area contributed by atoms with Gasteiger partial charge in [0.25, 0.3) is 0 Å². The number of hydrogen-bond acceptors (Lipinski definition) is 4. The second kappa shape index (κ2) is 9.07. The minimum absolute atomic E-state index is 0.119. The Morgan fingerprint density at radius 2 is 1.56 bits per heavy atom. The van der Waals surface area contributed by atoms with Crippen molar-refractivity contribution in [2.75, 3.05) is 6.61 Å². The van der Waals surface area contributed by atoms with E-state index in [0.717, 1.165) is 6.42 Å². The van der Waals surface area contributed by atoms with Gasteiger partial charge in [-0.15, -0.1) is 0 Å². The highest BCUT2D eigenvalue weighted by Gasteiger charge is 2.62. The molecule has 1 saturated carbocycles. The summed E-state index contributed by atoms with van der Waals surface area (Å²) >= 11 is 0. The van der Waals surface area contributed by atoms with Gasteiger partial charge in [-0.3, -0.25) is 14.4 Å². The molecule has 1 aliphatic rings. The Labute approximate surface area is 152 Å². The fourth-order valence-corrected chi connectivity index (χ4v) is 3.93. The van der Waals surface area contributed by atoms with Crippen LogP contribution in [0.15, 0.2) is 0 Å². The average molecular weight is 353 g/mol. The third-order valence-electron chi connectivity index (χ3n) is 5.47. The number of rotatable bonds is 10. The van der Waals surface area contributed by atoms with E-state index in [9.17, 15) is 19.5 Å². The first-order valence-corrected chi connectivity index (χ1v) is 9.80. The van der Waals surface area contributed by atoms with Gasteiger partial charge in [-0.05, 0) is 37.0 Å². The average Bonchev–Trinajstić information content (AvgIpc) is 2.71. The van der Waals surface area contributed by atoms with E-state index in [1.54, 1.807) is 0 Å². The minimum atomic E-state index is -1.50. The third-order valence-corrected chi connectivity index (χ3v) is 5.47. The van der Waals surface area contributed by atoms with Crippen molar-refractivity contribution in [3.8, 4) is 0 Å². The Balaban J connectivity index is 3.22. The molecule has 0 aromatic carbocycles. The van der Waals surface area contributed by atoms with E-state index in [-0.39, 0.29) is 29.7 Å². The molecule has 0 aliphatic heterocycles. The summed E-state index contributed by atoms with van der Waals surface area (Å²) in [5, 5.41) is 10.1. The molecule has 1 N–H and O–H groups in total. The SMILES string of the molecule is CC(C)CCC(=O)C1(CO)C(=O)C(CC(C)C)C(=O)C1CCC(C)C. The number of ketones is 3. The quantitative estimate of drug-likeness (QED) is 0.606. The van der Waals surface area contributed by atoms with Gasteiger partial charge in [0.2, 0.25) is 0 Å². The van der Waals surface area contributed by atoms with E-state index in [4.69, 9.17) is 0 Å². The van der Waals surface area contributed by atoms with Crippen molar-refractivity contribution in [3.63, 3.8) is 0 Å². The molecule has 0 aromatic heterocycles. The Morgan fingerprint density at radius 3 is 2.00 bits per heavy atom. The van der Waals surface area contributed by atoms with E-state index in [1.807, 2.05) is 27.7 Å². The van der Waals surface area contributed by atoms with Crippen molar-refractivity contribution in [1.82, 2.24) is 0 Å². The maximum Gasteiger partial charge on any atom is 0.159 e. The summed E-state index contributed by atoms with van der Waals surface area (Å²) in [6.07, 6.45) is 2.68. The van der Waals surface area contributed by atoms with Crippen LogP contribution in [-0.4, -0.2) is 29.1 Å². The molecule has 0 spiro atoms. The Kier molecular flexibility index (Phi) is 7.98. The predicted molar refractivity (Wildman–Crippen MR) is 99.1 cm³/mol. The zero-order chi connectivity index (χ0) is 19.4. The molecule has 0 heterocycles. The minimum Gasteiger partial charge on any atom is -0.395 e. The van der Waals surface area contributed by atoms with Gasteiger partial charge in [-0.2, -0.15) is 0 Å². The highest BCUT2D eigenvalue weighted by Crippen LogP contribution is 2.47. The molecule has 3 atom stereocenters. The Bertz CT molecular complexity index is 492. The summed E-state index contributed by atoms with van der Waals surface area (Å²) in [5.41, 5.74) is -1.50. The molecule has 1 fully saturated rings. The van der Waals surface area contributed by atoms with Gasteiger partial charge in [0, 0.05) is 12.3 Å². The van der Waals surface area contributed by atoms with Gasteiger partial charge in [-0.1, -0.05) is 48.0 Å². The lowest BCUT2D eigenvalue weighted by molar-refractivity contribution is -0.146. The highest BCUT2D eigenvalue weighted by molar-refractivity contribution is 6.23. The molecule has 3 unspecified atom stereocenters. The van der Waals surface area contributed by atoms with Gasteiger partial charge >= 0.3 is 0 Å². The molecule has 1 aliphatic carbocycles. The van der Waals surface area contributed by atoms with E-state index >= 15 is 0 Å². The summed E-state index contributed by atoms with van der Waals surface area (Å²) in [5.74, 6) is -1.14. The smallest absolute Gasteiger partial charge is 0.159 e. The van der Waals surface area contributed by atoms with Crippen LogP contribution in [0.2, 0.25) is 0 Å². The van der Waals surface area contributed by atoms with Crippen LogP contribution in [-0.2, 0) is 14.4 Å². The van der Waals surface area contributed by atoms with Crippen LogP contribution < -0.4 is 0 Å². The summed E-state index contributed by atoms with van der Waals surface area (Å²) in [6.45, 7) is 11.6. The van der Waals surface area contributed by atoms with Gasteiger partial charge < -0.3 is 5.11 Å². The van der Waals surface area contributed by atoms with Crippen LogP contribution in [0, 0.1) is 35.0 Å². The molecule has 0 saturated heterocycles. The van der Waals surface area contributed by atoms with Gasteiger partial charge in [0.05, 0.1) is 12.5 Å². The van der Waals surface area contributed by atoms with Crippen LogP contribution in [0.4, 0.5) is 0 Å². The molecular formula is C21H36O4. The maximum absolute atomic E-state index is 13.1. The molecule has 0 radical (unpaired) electrons. The van der Waals surface area contributed by atoms with Crippen LogP contribution in [0.25, 0.3) is 0 Å². The van der Waals surface area contributed by atoms with Gasteiger partial charge in [0.1, 0.15) is 17.0 Å². The van der Waals surface area contributed by atoms with Crippen molar-refractivity contribution >= 4 is 17.3 Å². The second-order valence-electron chi connectivity index (χ2n) is 8.96. The molecule has 0 amide bonds. The van der Waals surface area contributed by atoms with Crippen LogP contribution >= 0.6 is 0 Å². The lowest BCUT2D eigenvalue weighted by atomic mass is 9.70. The summed E-state index contributed by atoms with van der Waals surface area (Å²) in [7, 11) is 0. The normalized spacial score (nSPS) is 27.1. The highest BCUT2D eigenvalue weighted by atomic mass is 16.3. The summed E-state index contributed by atoms with van der Waals surface area (Å²) in [4.78, 5) is 39.2. The lowest BCUT2D eigenvalue weighted by Gasteiger charge is -2.30. The van der Waals surface area contributed by atoms with Gasteiger partial charge in [0.15, 0.2) is 5.78 Å². The zero-order valence-electron chi connectivity index (χ0n) is 16.8. The maximum atomic E-state index is 13.1. The molecule has 144 valence electrons. The predicted octanol–water partition coefficient (Wildman–Crippen LogP) is 3.84. The lowest BCUT2D eigenvalue weighted by Crippen LogP contribution is -2.45. The van der Waals surface area contributed by atoms with Crippen molar-refractivity contribution in [1.29, 1.82) is 0 Å². The first kappa shape index (κ1) is 22.0. The monoisotopic (exact) mass is 352 g/mol. The standard InChI is InChI=1S/C21H36O4/c1-13(2)7-9-17-19(24)16(11-15(5)6)20(25)21(17,12-22)18(23)10-8-14(3)4/h13-17,22H,7-12H2,1-6H3. The summed E-state index contributed by atoms with van der Waals surface area (Å²) in [6, 6.07) is 0. The molecule has 0 aromatic rings. The molecule has 25 heavy (non-hydrogen) atoms. The number of hydrogen-bond donors (Lipinski definition) is 1. The topological polar surface area (TPSA) is 71.4 Å². The van der Waals surface area contributed by atoms with Crippen LogP contribution in [0.3, 0.4) is 0 Å². The number of carbonyl (C=O) groups excluding carboxylic acids is 3. The van der Waals surface area contributed by atoms with Gasteiger partial charge in [-0.25, -0.2) is 0 Å². The number of carbonyl (C=O) groups is 3. The first-order chi connectivity index (χ1) is 11.6. The first-order valence-electron chi connectivity index (χ1n) is 9.80. The van der Waals surface area contributed by atoms with Crippen molar-refractivity contribution < 1.29 is 19.5 Å². The second-order valence-corrected chi connectivity index (χ2v) is 8.96. The van der Waals surface area contributed by atoms with E-state index in [2.05, 4.69) is 13.8 Å². The fourth-order valence-electron chi connectivity index (χ4n) is 3.93. The number of aliphatic hydroxyl groups excluding tert-OH is 1. The van der Waals surface area contributed by atoms with Crippen LogP contribution in [0.5, 0.6) is 0 Å². The fraction of sp³-hybridized carbons (Fsp3) is 0.857. The molecule has 0 bridgehead atoms. The molecule has 4 nitrogen and oxygen atoms in total. The molecule has 1 rings (SSSR count). The van der Waals surface area contributed by atoms with E-state index in [1.165, 1.54) is 0 Å². The molecular weight excluding hydrogens is 316 g/mol. The van der Waals surface area contributed by atoms with E-state index < -0.39 is 23.9 Å². The Hall–Kier alpha value is -1.03. The number of aliphatic hydroxyl groups is 1. The third kappa shape index (κ3) is 4.78. The van der Waals surface area contributed by atoms with Crippen LogP contribution in [0.1, 0.15) is 73.6 Å². The Morgan fingerprint density at radius 1 is 1.00 bits per heavy atom. The number of Topliss-reactive ketones (excluding diaryl/α,β-unsaturated/α-hetero) is 3. The zero-order valence-corrected chi connectivity index (χ0v) is 16.8. The molecule has 4 heteroatoms. The largest absolute Gasteiger partial charge is 0.395 e. The summed E-state index contributed by atoms with van der Waals surface area (Å²) < 4.78 is 0. The van der Waals surface area contributed by atoms with E-state index in [0.29, 0.717) is 31.1 Å². The van der Waals surface area contributed by atoms with Crippen molar-refractivity contribution in [2.24, 2.45) is 35.0 Å². The van der Waals surface area contributed by atoms with Crippen molar-refractivity contribution in [2.45, 2.75) is 73.6 Å².